The van der Waals surface area contributed by atoms with Crippen LogP contribution in [0.25, 0.3) is 11.1 Å². The number of rotatable bonds is 21. The molecule has 56 heavy (non-hydrogen) atoms. The fourth-order valence-corrected chi connectivity index (χ4v) is 5.53. The van der Waals surface area contributed by atoms with Gasteiger partial charge in [0, 0.05) is 49.8 Å². The standard InChI is InChI=1S/C38H51N7O7.C3H9N/c1-6-42-38(50)32(44-35(47)21-41-23-46)19-27-8-11-33(51-15-13-39)30(18-27)31-20-28(9-12-34(31)52-16-14-40)26(4)45(5)36(48)22-43-37(49)29-10-7-24(2)17-25(29)3;1-2-3-4/h7-12,17-18,20,23,26,32H,6,13-16,19,21-22,39-40H2,1-5H3,(H,41,46)(H,42,50)(H,43,49)(H,44,47);2-4H2,1H3. The highest BCUT2D eigenvalue weighted by atomic mass is 16.5. The van der Waals surface area contributed by atoms with Gasteiger partial charge in [0.25, 0.3) is 5.91 Å². The first kappa shape index (κ1) is 46.6. The maximum Gasteiger partial charge on any atom is 0.251 e. The monoisotopic (exact) mass is 776 g/mol. The van der Waals surface area contributed by atoms with Gasteiger partial charge < -0.3 is 52.8 Å². The predicted octanol–water partition coefficient (Wildman–Crippen LogP) is 1.86. The Balaban J connectivity index is 0.00000258. The number of benzene rings is 3. The highest BCUT2D eigenvalue weighted by Gasteiger charge is 2.24. The molecule has 15 nitrogen and oxygen atoms in total. The largest absolute Gasteiger partial charge is 0.492 e. The summed E-state index contributed by atoms with van der Waals surface area (Å²) in [5.74, 6) is -0.497. The van der Waals surface area contributed by atoms with E-state index in [0.29, 0.717) is 46.7 Å². The molecule has 3 aromatic rings. The minimum Gasteiger partial charge on any atom is -0.492 e. The van der Waals surface area contributed by atoms with Gasteiger partial charge in [-0.05, 0) is 87.7 Å². The van der Waals surface area contributed by atoms with Crippen LogP contribution in [0.4, 0.5) is 0 Å². The van der Waals surface area contributed by atoms with Gasteiger partial charge in [0.05, 0.1) is 19.1 Å². The van der Waals surface area contributed by atoms with Gasteiger partial charge in [-0.25, -0.2) is 0 Å². The van der Waals surface area contributed by atoms with E-state index < -0.39 is 18.0 Å². The molecule has 15 heteroatoms. The molecule has 0 spiro atoms. The Morgan fingerprint density at radius 2 is 1.45 bits per heavy atom. The van der Waals surface area contributed by atoms with Crippen molar-refractivity contribution in [3.8, 4) is 22.6 Å². The molecule has 2 atom stereocenters. The fraction of sp³-hybridized carbons (Fsp3) is 0.439. The van der Waals surface area contributed by atoms with Crippen LogP contribution in [-0.4, -0.2) is 101 Å². The summed E-state index contributed by atoms with van der Waals surface area (Å²) < 4.78 is 12.1. The summed E-state index contributed by atoms with van der Waals surface area (Å²) in [7, 11) is 1.67. The third kappa shape index (κ3) is 14.6. The van der Waals surface area contributed by atoms with Crippen molar-refractivity contribution in [2.45, 2.75) is 59.5 Å². The van der Waals surface area contributed by atoms with Gasteiger partial charge in [-0.15, -0.1) is 0 Å². The molecule has 0 aromatic heterocycles. The molecule has 10 N–H and O–H groups in total. The molecule has 0 aliphatic carbocycles. The molecule has 0 radical (unpaired) electrons. The van der Waals surface area contributed by atoms with Crippen molar-refractivity contribution < 1.29 is 33.4 Å². The molecule has 3 aromatic carbocycles. The van der Waals surface area contributed by atoms with E-state index in [1.807, 2.05) is 51.1 Å². The van der Waals surface area contributed by atoms with Crippen molar-refractivity contribution >= 4 is 30.0 Å². The van der Waals surface area contributed by atoms with Crippen LogP contribution in [0.15, 0.2) is 54.6 Å². The van der Waals surface area contributed by atoms with E-state index in [1.165, 1.54) is 0 Å². The molecular weight excluding hydrogens is 716 g/mol. The molecule has 2 unspecified atom stereocenters. The topological polar surface area (TPSA) is 233 Å². The van der Waals surface area contributed by atoms with Crippen molar-refractivity contribution in [1.29, 1.82) is 0 Å². The number of amides is 5. The third-order valence-corrected chi connectivity index (χ3v) is 8.65. The van der Waals surface area contributed by atoms with Gasteiger partial charge >= 0.3 is 0 Å². The fourth-order valence-electron chi connectivity index (χ4n) is 5.53. The number of nitrogens with one attached hydrogen (secondary N) is 4. The lowest BCUT2D eigenvalue weighted by Gasteiger charge is -2.27. The lowest BCUT2D eigenvalue weighted by atomic mass is 9.94. The van der Waals surface area contributed by atoms with Crippen LogP contribution in [0.5, 0.6) is 11.5 Å². The normalized spacial score (nSPS) is 11.5. The van der Waals surface area contributed by atoms with E-state index in [-0.39, 0.29) is 63.5 Å². The van der Waals surface area contributed by atoms with Gasteiger partial charge in [0.2, 0.25) is 24.1 Å². The first-order chi connectivity index (χ1) is 26.8. The van der Waals surface area contributed by atoms with Crippen molar-refractivity contribution in [1.82, 2.24) is 26.2 Å². The lowest BCUT2D eigenvalue weighted by Crippen LogP contribution is -2.50. The maximum absolute atomic E-state index is 13.3. The van der Waals surface area contributed by atoms with Gasteiger partial charge in [-0.1, -0.05) is 36.8 Å². The smallest absolute Gasteiger partial charge is 0.251 e. The second kappa shape index (κ2) is 24.8. The quantitative estimate of drug-likeness (QED) is 0.0776. The Labute approximate surface area is 330 Å². The van der Waals surface area contributed by atoms with E-state index in [2.05, 4.69) is 28.2 Å². The minimum atomic E-state index is -0.932. The summed E-state index contributed by atoms with van der Waals surface area (Å²) >= 11 is 0. The van der Waals surface area contributed by atoms with Crippen LogP contribution in [0.3, 0.4) is 0 Å². The van der Waals surface area contributed by atoms with Gasteiger partial charge in [0.1, 0.15) is 30.8 Å². The number of ether oxygens (including phenoxy) is 2. The maximum atomic E-state index is 13.3. The molecule has 0 fully saturated rings. The second-order valence-corrected chi connectivity index (χ2v) is 13.0. The van der Waals surface area contributed by atoms with Crippen LogP contribution >= 0.6 is 0 Å². The van der Waals surface area contributed by atoms with E-state index in [0.717, 1.165) is 29.7 Å². The first-order valence-corrected chi connectivity index (χ1v) is 18.8. The summed E-state index contributed by atoms with van der Waals surface area (Å²) in [4.78, 5) is 63.9. The van der Waals surface area contributed by atoms with Crippen LogP contribution in [0.1, 0.15) is 65.8 Å². The predicted molar refractivity (Wildman–Crippen MR) is 218 cm³/mol. The van der Waals surface area contributed by atoms with Gasteiger partial charge in [-0.3, -0.25) is 24.0 Å². The Morgan fingerprint density at radius 3 is 2.02 bits per heavy atom. The Morgan fingerprint density at radius 1 is 0.821 bits per heavy atom. The Kier molecular flexibility index (Phi) is 20.7. The van der Waals surface area contributed by atoms with Crippen molar-refractivity contribution in [3.63, 3.8) is 0 Å². The molecule has 3 rings (SSSR count). The number of carbonyl (C=O) groups is 5. The number of nitrogens with two attached hydrogens (primary N) is 3. The van der Waals surface area contributed by atoms with Gasteiger partial charge in [-0.2, -0.15) is 0 Å². The average molecular weight is 777 g/mol. The van der Waals surface area contributed by atoms with Crippen molar-refractivity contribution in [2.75, 3.05) is 59.5 Å². The first-order valence-electron chi connectivity index (χ1n) is 18.8. The number of nitrogens with zero attached hydrogens (tertiary/aromatic N) is 1. The number of aryl methyl sites for hydroxylation is 2. The molecule has 0 saturated heterocycles. The van der Waals surface area contributed by atoms with Crippen LogP contribution < -0.4 is 47.9 Å². The summed E-state index contributed by atoms with van der Waals surface area (Å²) in [5, 5.41) is 10.5. The Bertz CT molecular complexity index is 1750. The molecule has 0 saturated carbocycles. The van der Waals surface area contributed by atoms with Gasteiger partial charge in [0.15, 0.2) is 0 Å². The molecule has 5 amide bonds. The summed E-state index contributed by atoms with van der Waals surface area (Å²) in [6.45, 7) is 11.2. The van der Waals surface area contributed by atoms with E-state index in [1.54, 1.807) is 43.1 Å². The SMILES string of the molecule is CCCN.CCNC(=O)C(Cc1ccc(OCCN)c(-c2cc(C(C)N(C)C(=O)CNC(=O)c3ccc(C)cc3C)ccc2OCCN)c1)NC(=O)CNC=O. The summed E-state index contributed by atoms with van der Waals surface area (Å²) in [5.41, 5.74) is 21.7. The zero-order chi connectivity index (χ0) is 41.6. The summed E-state index contributed by atoms with van der Waals surface area (Å²) in [6.07, 6.45) is 1.63. The van der Waals surface area contributed by atoms with Crippen LogP contribution in [0, 0.1) is 13.8 Å². The van der Waals surface area contributed by atoms with Crippen LogP contribution in [-0.2, 0) is 25.6 Å². The molecule has 0 aliphatic heterocycles. The van der Waals surface area contributed by atoms with E-state index >= 15 is 0 Å². The minimum absolute atomic E-state index is 0.128. The van der Waals surface area contributed by atoms with E-state index in [4.69, 9.17) is 26.7 Å². The summed E-state index contributed by atoms with van der Waals surface area (Å²) in [6, 6.07) is 15.1. The molecular formula is C41H60N8O7. The van der Waals surface area contributed by atoms with E-state index in [9.17, 15) is 24.0 Å². The number of carbonyl (C=O) groups excluding carboxylic acids is 5. The number of likely N-dealkylation sites (N-methyl/N-ethyl adjacent to an activating group) is 2. The lowest BCUT2D eigenvalue weighted by molar-refractivity contribution is -0.130. The zero-order valence-corrected chi connectivity index (χ0v) is 33.5. The highest BCUT2D eigenvalue weighted by Crippen LogP contribution is 2.39. The zero-order valence-electron chi connectivity index (χ0n) is 33.5. The third-order valence-electron chi connectivity index (χ3n) is 8.65. The average Bonchev–Trinajstić information content (AvgIpc) is 3.19. The molecule has 0 bridgehead atoms. The van der Waals surface area contributed by atoms with Crippen molar-refractivity contribution in [3.05, 3.63) is 82.4 Å². The highest BCUT2D eigenvalue weighted by molar-refractivity contribution is 5.97. The number of hydrogen-bond acceptors (Lipinski definition) is 10. The van der Waals surface area contributed by atoms with Crippen molar-refractivity contribution in [2.24, 2.45) is 17.2 Å². The van der Waals surface area contributed by atoms with Crippen LogP contribution in [0.2, 0.25) is 0 Å². The Hall–Kier alpha value is -5.51. The number of hydrogen-bond donors (Lipinski definition) is 7. The molecule has 0 aliphatic rings. The molecule has 306 valence electrons. The second-order valence-electron chi connectivity index (χ2n) is 13.0. The molecule has 0 heterocycles.